The zero-order chi connectivity index (χ0) is 10.3. The molecule has 0 amide bonds. The molecule has 0 bridgehead atoms. The third kappa shape index (κ3) is 1.07. The first kappa shape index (κ1) is 8.98. The first-order chi connectivity index (χ1) is 6.68. The quantitative estimate of drug-likeness (QED) is 0.590. The molecule has 14 heavy (non-hydrogen) atoms. The van der Waals surface area contributed by atoms with E-state index in [0.29, 0.717) is 6.54 Å². The normalized spacial score (nSPS) is 11.8. The molecule has 0 atom stereocenters. The number of fused-ring (bicyclic) bond motifs is 1. The van der Waals surface area contributed by atoms with Gasteiger partial charge in [0, 0.05) is 6.54 Å². The van der Waals surface area contributed by atoms with Gasteiger partial charge in [-0.1, -0.05) is 19.8 Å². The van der Waals surface area contributed by atoms with Gasteiger partial charge in [0.1, 0.15) is 0 Å². The molecule has 0 unspecified atom stereocenters. The maximum atomic E-state index is 11.3. The molecule has 6 nitrogen and oxygen atoms in total. The number of hydrogen-bond acceptors (Lipinski definition) is 3. The maximum absolute atomic E-state index is 11.3. The van der Waals surface area contributed by atoms with Gasteiger partial charge in [0.25, 0.3) is 0 Å². The van der Waals surface area contributed by atoms with Crippen molar-refractivity contribution in [3.8, 4) is 0 Å². The lowest BCUT2D eigenvalue weighted by Crippen LogP contribution is -2.32. The highest BCUT2D eigenvalue weighted by atomic mass is 16.2. The predicted octanol–water partition coefficient (Wildman–Crippen LogP) is -1.01. The van der Waals surface area contributed by atoms with Crippen LogP contribution in [0.3, 0.4) is 0 Å². The molecular weight excluding hydrogens is 186 g/mol. The molecule has 0 spiro atoms. The van der Waals surface area contributed by atoms with Gasteiger partial charge in [-0.3, -0.25) is 0 Å². The first-order valence-electron chi connectivity index (χ1n) is 4.68. The fraction of sp³-hybridized carbons (Fsp3) is 0.625. The minimum atomic E-state index is -0.508. The molecule has 0 N–H and O–H groups in total. The van der Waals surface area contributed by atoms with Crippen molar-refractivity contribution in [2.45, 2.75) is 32.7 Å². The third-order valence-electron chi connectivity index (χ3n) is 2.33. The lowest BCUT2D eigenvalue weighted by atomic mass is 10.2. The molecule has 0 aromatic carbocycles. The van der Waals surface area contributed by atoms with Crippen LogP contribution >= 0.6 is 0 Å². The number of aromatic nitrogens is 3. The molecule has 0 radical (unpaired) electrons. The molecule has 76 valence electrons. The Balaban J connectivity index is 2.29. The Labute approximate surface area is 78.7 Å². The van der Waals surface area contributed by atoms with Crippen molar-refractivity contribution in [3.05, 3.63) is 31.5 Å². The van der Waals surface area contributed by atoms with Gasteiger partial charge < -0.3 is 0 Å². The summed E-state index contributed by atoms with van der Waals surface area (Å²) >= 11 is 0. The van der Waals surface area contributed by atoms with Crippen molar-refractivity contribution in [1.82, 2.24) is 13.6 Å². The van der Waals surface area contributed by atoms with Crippen LogP contribution in [0.4, 0.5) is 0 Å². The topological polar surface area (TPSA) is 65.0 Å². The summed E-state index contributed by atoms with van der Waals surface area (Å²) in [5.74, 6) is 0. The molecule has 2 rings (SSSR count). The predicted molar refractivity (Wildman–Crippen MR) is 49.5 cm³/mol. The number of hydrogen-bond donors (Lipinski definition) is 0. The summed E-state index contributed by atoms with van der Waals surface area (Å²) in [6, 6.07) is 0. The van der Waals surface area contributed by atoms with Gasteiger partial charge in [-0.05, 0) is 6.42 Å². The van der Waals surface area contributed by atoms with Crippen LogP contribution in [-0.2, 0) is 6.54 Å². The van der Waals surface area contributed by atoms with Crippen LogP contribution < -0.4 is 17.1 Å². The smallest absolute Gasteiger partial charge is 0.245 e. The SMILES string of the molecule is CCCCCn1c(=O)n2c(=O)n2c1=O. The fourth-order valence-electron chi connectivity index (χ4n) is 1.49. The van der Waals surface area contributed by atoms with Gasteiger partial charge in [-0.15, -0.1) is 9.03 Å². The summed E-state index contributed by atoms with van der Waals surface area (Å²) in [7, 11) is 0. The monoisotopic (exact) mass is 197 g/mol. The summed E-state index contributed by atoms with van der Waals surface area (Å²) in [6.45, 7) is 2.45. The van der Waals surface area contributed by atoms with Gasteiger partial charge in [-0.2, -0.15) is 0 Å². The largest absolute Gasteiger partial charge is 0.376 e. The van der Waals surface area contributed by atoms with Crippen LogP contribution in [0, 0.1) is 0 Å². The maximum Gasteiger partial charge on any atom is 0.376 e. The van der Waals surface area contributed by atoms with E-state index in [2.05, 4.69) is 0 Å². The Morgan fingerprint density at radius 3 is 2.00 bits per heavy atom. The Morgan fingerprint density at radius 1 is 0.929 bits per heavy atom. The summed E-state index contributed by atoms with van der Waals surface area (Å²) in [5, 5.41) is 0. The Morgan fingerprint density at radius 2 is 1.50 bits per heavy atom. The lowest BCUT2D eigenvalue weighted by Gasteiger charge is -1.96. The van der Waals surface area contributed by atoms with E-state index in [1.54, 1.807) is 0 Å². The minimum absolute atomic E-state index is 0.409. The van der Waals surface area contributed by atoms with Gasteiger partial charge in [-0.25, -0.2) is 19.0 Å². The Kier molecular flexibility index (Phi) is 1.90. The molecule has 0 aliphatic rings. The standard InChI is InChI=1S/C8H11N3O3/c1-2-3-4-5-9-6(12)10-8(14)11(10)7(9)13/h2-5H2,1H3. The molecular formula is C8H11N3O3. The molecule has 0 fully saturated rings. The summed E-state index contributed by atoms with van der Waals surface area (Å²) < 4.78 is 2.82. The molecule has 2 heterocycles. The highest BCUT2D eigenvalue weighted by Crippen LogP contribution is 1.94. The zero-order valence-electron chi connectivity index (χ0n) is 7.89. The van der Waals surface area contributed by atoms with Crippen LogP contribution in [-0.4, -0.2) is 13.6 Å². The summed E-state index contributed by atoms with van der Waals surface area (Å²) in [4.78, 5) is 33.4. The van der Waals surface area contributed by atoms with Crippen molar-refractivity contribution in [1.29, 1.82) is 0 Å². The molecule has 0 aliphatic carbocycles. The van der Waals surface area contributed by atoms with E-state index < -0.39 is 17.1 Å². The second-order valence-corrected chi connectivity index (χ2v) is 3.33. The molecule has 6 heteroatoms. The average Bonchev–Trinajstić information content (AvgIpc) is 2.75. The van der Waals surface area contributed by atoms with Crippen LogP contribution in [0.2, 0.25) is 0 Å². The van der Waals surface area contributed by atoms with Crippen molar-refractivity contribution in [3.63, 3.8) is 0 Å². The molecule has 0 saturated carbocycles. The minimum Gasteiger partial charge on any atom is -0.245 e. The summed E-state index contributed by atoms with van der Waals surface area (Å²) in [5.41, 5.74) is -1.51. The Bertz CT molecular complexity index is 533. The number of rotatable bonds is 4. The second kappa shape index (κ2) is 2.97. The fourth-order valence-corrected chi connectivity index (χ4v) is 1.49. The van der Waals surface area contributed by atoms with Crippen molar-refractivity contribution < 1.29 is 0 Å². The van der Waals surface area contributed by atoms with Gasteiger partial charge in [0.15, 0.2) is 0 Å². The molecule has 2 aromatic rings. The van der Waals surface area contributed by atoms with Crippen molar-refractivity contribution in [2.75, 3.05) is 0 Å². The van der Waals surface area contributed by atoms with Gasteiger partial charge >= 0.3 is 17.1 Å². The zero-order valence-corrected chi connectivity index (χ0v) is 7.89. The second-order valence-electron chi connectivity index (χ2n) is 3.33. The average molecular weight is 197 g/mol. The van der Waals surface area contributed by atoms with Crippen molar-refractivity contribution in [2.24, 2.45) is 0 Å². The van der Waals surface area contributed by atoms with E-state index in [1.807, 2.05) is 6.92 Å². The molecule has 2 aromatic heterocycles. The van der Waals surface area contributed by atoms with Crippen LogP contribution in [0.5, 0.6) is 0 Å². The van der Waals surface area contributed by atoms with Gasteiger partial charge in [0.05, 0.1) is 0 Å². The highest BCUT2D eigenvalue weighted by molar-refractivity contribution is 4.84. The first-order valence-corrected chi connectivity index (χ1v) is 4.68. The van der Waals surface area contributed by atoms with Crippen molar-refractivity contribution >= 4 is 0 Å². The summed E-state index contributed by atoms with van der Waals surface area (Å²) in [6.07, 6.45) is 2.80. The number of nitrogens with zero attached hydrogens (tertiary/aromatic N) is 3. The lowest BCUT2D eigenvalue weighted by molar-refractivity contribution is 0.569. The van der Waals surface area contributed by atoms with E-state index in [4.69, 9.17) is 0 Å². The number of unbranched alkanes of at least 4 members (excludes halogenated alkanes) is 2. The van der Waals surface area contributed by atoms with Crippen LogP contribution in [0.1, 0.15) is 26.2 Å². The third-order valence-corrected chi connectivity index (χ3v) is 2.33. The van der Waals surface area contributed by atoms with E-state index >= 15 is 0 Å². The highest BCUT2D eigenvalue weighted by Gasteiger charge is 2.22. The van der Waals surface area contributed by atoms with Crippen LogP contribution in [0.15, 0.2) is 14.4 Å². The molecule has 0 saturated heterocycles. The van der Waals surface area contributed by atoms with E-state index in [1.165, 1.54) is 0 Å². The van der Waals surface area contributed by atoms with Gasteiger partial charge in [0.2, 0.25) is 0 Å². The van der Waals surface area contributed by atoms with E-state index in [0.717, 1.165) is 32.9 Å². The van der Waals surface area contributed by atoms with E-state index in [-0.39, 0.29) is 0 Å². The van der Waals surface area contributed by atoms with E-state index in [9.17, 15) is 14.4 Å². The molecule has 0 aliphatic heterocycles. The Hall–Kier alpha value is -1.59. The van der Waals surface area contributed by atoms with Crippen LogP contribution in [0.25, 0.3) is 0 Å².